The van der Waals surface area contributed by atoms with Gasteiger partial charge in [0.05, 0.1) is 12.8 Å². The van der Waals surface area contributed by atoms with Crippen molar-refractivity contribution in [2.75, 3.05) is 6.61 Å². The molecule has 3 N–H and O–H groups in total. The smallest absolute Gasteiger partial charge is 0.303 e. The number of carboxylic acid groups (broad SMARTS) is 2. The summed E-state index contributed by atoms with van der Waals surface area (Å²) >= 11 is 0. The molecule has 0 aliphatic heterocycles. The predicted octanol–water partition coefficient (Wildman–Crippen LogP) is -0.0656. The molecule has 5 nitrogen and oxygen atoms in total. The van der Waals surface area contributed by atoms with E-state index >= 15 is 0 Å². The molecule has 0 atom stereocenters. The molecule has 0 saturated heterocycles. The molecular weight excluding hydrogens is 152 g/mol. The first-order chi connectivity index (χ1) is 5.04. The van der Waals surface area contributed by atoms with Crippen molar-refractivity contribution < 1.29 is 24.9 Å². The molecular formula is C6H12O5. The van der Waals surface area contributed by atoms with E-state index in [1.807, 2.05) is 0 Å². The van der Waals surface area contributed by atoms with E-state index in [0.717, 1.165) is 0 Å². The molecule has 0 heterocycles. The third-order valence-electron chi connectivity index (χ3n) is 0.553. The minimum absolute atomic E-state index is 0.250. The van der Waals surface area contributed by atoms with Gasteiger partial charge in [-0.3, -0.25) is 9.59 Å². The van der Waals surface area contributed by atoms with Crippen molar-refractivity contribution in [2.24, 2.45) is 0 Å². The van der Waals surface area contributed by atoms with E-state index in [-0.39, 0.29) is 19.4 Å². The molecule has 11 heavy (non-hydrogen) atoms. The van der Waals surface area contributed by atoms with E-state index in [4.69, 9.17) is 15.3 Å². The largest absolute Gasteiger partial charge is 0.481 e. The van der Waals surface area contributed by atoms with Gasteiger partial charge in [-0.25, -0.2) is 0 Å². The summed E-state index contributed by atoms with van der Waals surface area (Å²) in [7, 11) is 0. The van der Waals surface area contributed by atoms with Gasteiger partial charge in [0.2, 0.25) is 0 Å². The zero-order valence-corrected chi connectivity index (χ0v) is 6.28. The Balaban J connectivity index is 0. The van der Waals surface area contributed by atoms with Gasteiger partial charge in [-0.2, -0.15) is 0 Å². The van der Waals surface area contributed by atoms with Crippen LogP contribution >= 0.6 is 0 Å². The molecule has 66 valence electrons. The highest BCUT2D eigenvalue weighted by molar-refractivity contribution is 5.75. The number of rotatable bonds is 3. The van der Waals surface area contributed by atoms with Crippen molar-refractivity contribution in [1.29, 1.82) is 0 Å². The summed E-state index contributed by atoms with van der Waals surface area (Å²) in [6.07, 6.45) is -0.593. The molecule has 0 bridgehead atoms. The number of aliphatic hydroxyl groups excluding tert-OH is 1. The summed E-state index contributed by atoms with van der Waals surface area (Å²) in [4.78, 5) is 19.3. The van der Waals surface area contributed by atoms with Crippen molar-refractivity contribution in [3.63, 3.8) is 0 Å². The molecule has 0 fully saturated rings. The van der Waals surface area contributed by atoms with E-state index in [1.54, 1.807) is 6.92 Å². The lowest BCUT2D eigenvalue weighted by Gasteiger charge is -1.85. The fraction of sp³-hybridized carbons (Fsp3) is 0.667. The Hall–Kier alpha value is -1.10. The van der Waals surface area contributed by atoms with Gasteiger partial charge in [0.1, 0.15) is 0 Å². The molecule has 0 amide bonds. The highest BCUT2D eigenvalue weighted by atomic mass is 16.4. The molecule has 0 saturated carbocycles. The van der Waals surface area contributed by atoms with Crippen LogP contribution in [0.3, 0.4) is 0 Å². The van der Waals surface area contributed by atoms with Crippen molar-refractivity contribution in [2.45, 2.75) is 19.8 Å². The number of hydrogen-bond donors (Lipinski definition) is 3. The van der Waals surface area contributed by atoms with Gasteiger partial charge in [0.15, 0.2) is 0 Å². The Morgan fingerprint density at radius 3 is 1.36 bits per heavy atom. The van der Waals surface area contributed by atoms with E-state index in [2.05, 4.69) is 0 Å². The van der Waals surface area contributed by atoms with Crippen LogP contribution in [0.4, 0.5) is 0 Å². The van der Waals surface area contributed by atoms with Gasteiger partial charge in [-0.15, -0.1) is 0 Å². The summed E-state index contributed by atoms with van der Waals surface area (Å²) < 4.78 is 0. The zero-order valence-electron chi connectivity index (χ0n) is 6.28. The lowest BCUT2D eigenvalue weighted by molar-refractivity contribution is -0.143. The molecule has 0 aliphatic rings. The molecule has 0 aromatic carbocycles. The summed E-state index contributed by atoms with van der Waals surface area (Å²) in [5.41, 5.74) is 0. The lowest BCUT2D eigenvalue weighted by Crippen LogP contribution is -2.00. The maximum atomic E-state index is 9.64. The summed E-state index contributed by atoms with van der Waals surface area (Å²) in [6.45, 7) is 1.93. The van der Waals surface area contributed by atoms with Crippen LogP contribution in [0.25, 0.3) is 0 Å². The normalized spacial score (nSPS) is 7.82. The van der Waals surface area contributed by atoms with E-state index in [0.29, 0.717) is 0 Å². The van der Waals surface area contributed by atoms with Gasteiger partial charge in [0.25, 0.3) is 0 Å². The first kappa shape index (κ1) is 12.6. The Morgan fingerprint density at radius 2 is 1.27 bits per heavy atom. The fourth-order valence-corrected chi connectivity index (χ4v) is 0.214. The van der Waals surface area contributed by atoms with Gasteiger partial charge in [0, 0.05) is 6.61 Å². The topological polar surface area (TPSA) is 94.8 Å². The van der Waals surface area contributed by atoms with Crippen molar-refractivity contribution in [3.8, 4) is 0 Å². The molecule has 0 aromatic rings. The predicted molar refractivity (Wildman–Crippen MR) is 37.3 cm³/mol. The van der Waals surface area contributed by atoms with Crippen LogP contribution in [0.5, 0.6) is 0 Å². The maximum Gasteiger partial charge on any atom is 0.303 e. The average molecular weight is 164 g/mol. The molecule has 0 spiro atoms. The van der Waals surface area contributed by atoms with Crippen LogP contribution in [-0.2, 0) is 9.59 Å². The molecule has 0 aromatic heterocycles. The summed E-state index contributed by atoms with van der Waals surface area (Å²) in [6, 6.07) is 0. The van der Waals surface area contributed by atoms with Gasteiger partial charge >= 0.3 is 11.9 Å². The van der Waals surface area contributed by atoms with Crippen LogP contribution in [0.15, 0.2) is 0 Å². The van der Waals surface area contributed by atoms with Crippen LogP contribution in [0, 0.1) is 0 Å². The Kier molecular flexibility index (Phi) is 10.2. The average Bonchev–Trinajstić information content (AvgIpc) is 1.85. The number of hydrogen-bond acceptors (Lipinski definition) is 3. The summed E-state index contributed by atoms with van der Waals surface area (Å²) in [5.74, 6) is -2.15. The minimum atomic E-state index is -1.08. The number of carbonyl (C=O) groups is 2. The summed E-state index contributed by atoms with van der Waals surface area (Å²) in [5, 5.41) is 23.4. The SMILES string of the molecule is CCO.O=C(O)CCC(=O)O. The third-order valence-corrected chi connectivity index (χ3v) is 0.553. The minimum Gasteiger partial charge on any atom is -0.481 e. The molecule has 0 unspecified atom stereocenters. The zero-order chi connectivity index (χ0) is 9.28. The first-order valence-corrected chi connectivity index (χ1v) is 3.09. The van der Waals surface area contributed by atoms with Gasteiger partial charge in [-0.1, -0.05) is 0 Å². The molecule has 0 rings (SSSR count). The molecule has 5 heteroatoms. The van der Waals surface area contributed by atoms with E-state index in [9.17, 15) is 9.59 Å². The number of aliphatic hydroxyl groups is 1. The highest BCUT2D eigenvalue weighted by Gasteiger charge is 2.00. The second-order valence-corrected chi connectivity index (χ2v) is 1.60. The highest BCUT2D eigenvalue weighted by Crippen LogP contribution is 1.85. The first-order valence-electron chi connectivity index (χ1n) is 3.09. The van der Waals surface area contributed by atoms with Gasteiger partial charge in [-0.05, 0) is 6.92 Å². The Morgan fingerprint density at radius 1 is 1.09 bits per heavy atom. The Labute approximate surface area is 64.3 Å². The van der Waals surface area contributed by atoms with Crippen LogP contribution in [-0.4, -0.2) is 33.9 Å². The quantitative estimate of drug-likeness (QED) is 0.543. The number of carboxylic acids is 2. The van der Waals surface area contributed by atoms with Crippen molar-refractivity contribution in [3.05, 3.63) is 0 Å². The second kappa shape index (κ2) is 8.90. The maximum absolute atomic E-state index is 9.64. The van der Waals surface area contributed by atoms with Gasteiger partial charge < -0.3 is 15.3 Å². The van der Waals surface area contributed by atoms with E-state index < -0.39 is 11.9 Å². The Bertz CT molecular complexity index is 106. The van der Waals surface area contributed by atoms with Crippen LogP contribution < -0.4 is 0 Å². The molecule has 0 radical (unpaired) electrons. The lowest BCUT2D eigenvalue weighted by atomic mass is 10.3. The van der Waals surface area contributed by atoms with E-state index in [1.165, 1.54) is 0 Å². The van der Waals surface area contributed by atoms with Crippen LogP contribution in [0.1, 0.15) is 19.8 Å². The fourth-order valence-electron chi connectivity index (χ4n) is 0.214. The van der Waals surface area contributed by atoms with Crippen molar-refractivity contribution in [1.82, 2.24) is 0 Å². The van der Waals surface area contributed by atoms with Crippen molar-refractivity contribution >= 4 is 11.9 Å². The third kappa shape index (κ3) is 27.9. The standard InChI is InChI=1S/C4H6O4.C2H6O/c5-3(6)1-2-4(7)8;1-2-3/h1-2H2,(H,5,6)(H,7,8);3H,2H2,1H3. The monoisotopic (exact) mass is 164 g/mol. The number of aliphatic carboxylic acids is 2. The second-order valence-electron chi connectivity index (χ2n) is 1.60. The van der Waals surface area contributed by atoms with Crippen LogP contribution in [0.2, 0.25) is 0 Å². The molecule has 0 aliphatic carbocycles.